The number of nitrogens with zero attached hydrogens (tertiary/aromatic N) is 2. The third-order valence-corrected chi connectivity index (χ3v) is 7.73. The summed E-state index contributed by atoms with van der Waals surface area (Å²) in [6.45, 7) is 5.81. The van der Waals surface area contributed by atoms with E-state index in [1.165, 1.54) is 6.42 Å². The maximum absolute atomic E-state index is 13.4. The molecule has 1 N–H and O–H groups in total. The quantitative estimate of drug-likeness (QED) is 0.627. The monoisotopic (exact) mass is 388 g/mol. The second-order valence-electron chi connectivity index (χ2n) is 8.36. The van der Waals surface area contributed by atoms with Crippen LogP contribution < -0.4 is 5.56 Å². The third-order valence-electron chi connectivity index (χ3n) is 6.43. The lowest BCUT2D eigenvalue weighted by Gasteiger charge is -2.40. The Morgan fingerprint density at radius 2 is 2.07 bits per heavy atom. The highest BCUT2D eigenvalue weighted by atomic mass is 32.2. The van der Waals surface area contributed by atoms with E-state index in [1.54, 1.807) is 11.8 Å². The Morgan fingerprint density at radius 1 is 1.30 bits per heavy atom. The largest absolute Gasteiger partial charge is 0.396 e. The van der Waals surface area contributed by atoms with Crippen LogP contribution in [0.4, 0.5) is 0 Å². The molecule has 0 unspecified atom stereocenters. The zero-order valence-electron chi connectivity index (χ0n) is 16.1. The fourth-order valence-electron chi connectivity index (χ4n) is 4.27. The molecule has 2 aliphatic rings. The van der Waals surface area contributed by atoms with Crippen LogP contribution in [0.1, 0.15) is 39.2 Å². The number of hydrogen-bond acceptors (Lipinski definition) is 5. The molecule has 2 heterocycles. The van der Waals surface area contributed by atoms with Gasteiger partial charge >= 0.3 is 0 Å². The standard InChI is InChI=1S/C21H28N2O3S/c1-14-6-5-9-18(15(14)2)23-19(25)16-7-3-4-8-17(16)22-20(23)27-13-21(10-24)11-26-12-21/h3-4,7-8,14-15,18,24H,5-6,9-13H2,1-2H3/t14-,15-,18-/m1/s1. The summed E-state index contributed by atoms with van der Waals surface area (Å²) in [5.41, 5.74) is 0.613. The lowest BCUT2D eigenvalue weighted by molar-refractivity contribution is -0.121. The number of aliphatic hydroxyl groups is 1. The summed E-state index contributed by atoms with van der Waals surface area (Å²) in [5, 5.41) is 11.2. The lowest BCUT2D eigenvalue weighted by atomic mass is 9.78. The Kier molecular flexibility index (Phi) is 5.32. The summed E-state index contributed by atoms with van der Waals surface area (Å²) in [6.07, 6.45) is 3.39. The number of aliphatic hydroxyl groups excluding tert-OH is 1. The van der Waals surface area contributed by atoms with E-state index >= 15 is 0 Å². The number of fused-ring (bicyclic) bond motifs is 1. The molecule has 1 aromatic heterocycles. The van der Waals surface area contributed by atoms with Crippen LogP contribution in [-0.4, -0.2) is 40.2 Å². The molecule has 2 fully saturated rings. The molecule has 0 bridgehead atoms. The van der Waals surface area contributed by atoms with Crippen molar-refractivity contribution < 1.29 is 9.84 Å². The van der Waals surface area contributed by atoms with Crippen LogP contribution in [0.2, 0.25) is 0 Å². The Hall–Kier alpha value is -1.37. The molecule has 0 spiro atoms. The molecule has 1 aliphatic carbocycles. The van der Waals surface area contributed by atoms with Gasteiger partial charge in [-0.2, -0.15) is 0 Å². The molecule has 0 radical (unpaired) electrons. The normalized spacial score (nSPS) is 27.4. The van der Waals surface area contributed by atoms with Crippen molar-refractivity contribution in [3.8, 4) is 0 Å². The Balaban J connectivity index is 1.77. The third kappa shape index (κ3) is 3.43. The molecule has 1 aliphatic heterocycles. The molecule has 1 aromatic carbocycles. The van der Waals surface area contributed by atoms with Crippen molar-refractivity contribution in [2.75, 3.05) is 25.6 Å². The molecule has 5 nitrogen and oxygen atoms in total. The summed E-state index contributed by atoms with van der Waals surface area (Å²) in [4.78, 5) is 18.3. The molecular weight excluding hydrogens is 360 g/mol. The van der Waals surface area contributed by atoms with Gasteiger partial charge in [-0.05, 0) is 30.4 Å². The maximum Gasteiger partial charge on any atom is 0.262 e. The van der Waals surface area contributed by atoms with E-state index in [2.05, 4.69) is 13.8 Å². The van der Waals surface area contributed by atoms with Gasteiger partial charge in [-0.25, -0.2) is 4.98 Å². The number of benzene rings is 1. The van der Waals surface area contributed by atoms with E-state index < -0.39 is 0 Å². The number of ether oxygens (including phenoxy) is 1. The molecule has 146 valence electrons. The van der Waals surface area contributed by atoms with Gasteiger partial charge in [-0.1, -0.05) is 50.6 Å². The van der Waals surface area contributed by atoms with E-state index in [1.807, 2.05) is 28.8 Å². The first-order valence-corrected chi connectivity index (χ1v) is 10.9. The first-order chi connectivity index (χ1) is 13.0. The van der Waals surface area contributed by atoms with E-state index in [0.717, 1.165) is 23.5 Å². The van der Waals surface area contributed by atoms with E-state index in [0.29, 0.717) is 36.2 Å². The van der Waals surface area contributed by atoms with Crippen LogP contribution in [0.5, 0.6) is 0 Å². The lowest BCUT2D eigenvalue weighted by Crippen LogP contribution is -2.47. The molecular formula is C21H28N2O3S. The summed E-state index contributed by atoms with van der Waals surface area (Å²) in [6, 6.07) is 7.80. The molecule has 0 amide bonds. The molecule has 27 heavy (non-hydrogen) atoms. The first kappa shape index (κ1) is 19.0. The summed E-state index contributed by atoms with van der Waals surface area (Å²) < 4.78 is 7.28. The zero-order chi connectivity index (χ0) is 19.0. The summed E-state index contributed by atoms with van der Waals surface area (Å²) in [7, 11) is 0. The SMILES string of the molecule is C[C@@H]1[C@H](C)CCC[C@H]1n1c(SCC2(CO)COC2)nc2ccccc2c1=O. The fourth-order valence-corrected chi connectivity index (χ4v) is 5.48. The van der Waals surface area contributed by atoms with Gasteiger partial charge in [0.2, 0.25) is 0 Å². The smallest absolute Gasteiger partial charge is 0.262 e. The second-order valence-corrected chi connectivity index (χ2v) is 9.30. The minimum atomic E-state index is -0.204. The van der Waals surface area contributed by atoms with Gasteiger partial charge in [0.25, 0.3) is 5.56 Å². The molecule has 4 rings (SSSR count). The fraction of sp³-hybridized carbons (Fsp3) is 0.619. The van der Waals surface area contributed by atoms with Gasteiger partial charge in [-0.3, -0.25) is 9.36 Å². The zero-order valence-corrected chi connectivity index (χ0v) is 16.9. The van der Waals surface area contributed by atoms with Gasteiger partial charge in [0, 0.05) is 17.2 Å². The van der Waals surface area contributed by atoms with Crippen molar-refractivity contribution in [3.05, 3.63) is 34.6 Å². The van der Waals surface area contributed by atoms with Crippen LogP contribution in [0.25, 0.3) is 10.9 Å². The van der Waals surface area contributed by atoms with Crippen molar-refractivity contribution in [1.82, 2.24) is 9.55 Å². The first-order valence-electron chi connectivity index (χ1n) is 9.87. The van der Waals surface area contributed by atoms with Gasteiger partial charge < -0.3 is 9.84 Å². The Labute approximate surface area is 164 Å². The van der Waals surface area contributed by atoms with E-state index in [4.69, 9.17) is 9.72 Å². The van der Waals surface area contributed by atoms with Gasteiger partial charge in [-0.15, -0.1) is 0 Å². The van der Waals surface area contributed by atoms with Crippen molar-refractivity contribution in [2.45, 2.75) is 44.3 Å². The predicted molar refractivity (Wildman–Crippen MR) is 108 cm³/mol. The van der Waals surface area contributed by atoms with Crippen LogP contribution in [-0.2, 0) is 4.74 Å². The highest BCUT2D eigenvalue weighted by Gasteiger charge is 2.39. The van der Waals surface area contributed by atoms with Crippen molar-refractivity contribution in [1.29, 1.82) is 0 Å². The minimum Gasteiger partial charge on any atom is -0.396 e. The number of thioether (sulfide) groups is 1. The molecule has 3 atom stereocenters. The summed E-state index contributed by atoms with van der Waals surface area (Å²) in [5.74, 6) is 1.76. The van der Waals surface area contributed by atoms with Gasteiger partial charge in [0.05, 0.1) is 30.7 Å². The highest BCUT2D eigenvalue weighted by Crippen LogP contribution is 2.40. The average molecular weight is 389 g/mol. The number of aromatic nitrogens is 2. The van der Waals surface area contributed by atoms with Gasteiger partial charge in [0.1, 0.15) is 0 Å². The second kappa shape index (κ2) is 7.57. The van der Waals surface area contributed by atoms with Crippen LogP contribution in [0.3, 0.4) is 0 Å². The van der Waals surface area contributed by atoms with Crippen molar-refractivity contribution in [3.63, 3.8) is 0 Å². The van der Waals surface area contributed by atoms with E-state index in [-0.39, 0.29) is 23.6 Å². The highest BCUT2D eigenvalue weighted by molar-refractivity contribution is 7.99. The molecule has 6 heteroatoms. The van der Waals surface area contributed by atoms with Crippen molar-refractivity contribution in [2.24, 2.45) is 17.3 Å². The van der Waals surface area contributed by atoms with Crippen molar-refractivity contribution >= 4 is 22.7 Å². The predicted octanol–water partition coefficient (Wildman–Crippen LogP) is 3.49. The number of hydrogen-bond donors (Lipinski definition) is 1. The Bertz CT molecular complexity index is 872. The van der Waals surface area contributed by atoms with E-state index in [9.17, 15) is 9.90 Å². The van der Waals surface area contributed by atoms with Crippen LogP contribution in [0.15, 0.2) is 34.2 Å². The van der Waals surface area contributed by atoms with Crippen LogP contribution in [0, 0.1) is 17.3 Å². The minimum absolute atomic E-state index is 0.0666. The average Bonchev–Trinajstić information content (AvgIpc) is 2.64. The maximum atomic E-state index is 13.4. The topological polar surface area (TPSA) is 64.3 Å². The molecule has 1 saturated carbocycles. The Morgan fingerprint density at radius 3 is 2.78 bits per heavy atom. The van der Waals surface area contributed by atoms with Gasteiger partial charge in [0.15, 0.2) is 5.16 Å². The summed E-state index contributed by atoms with van der Waals surface area (Å²) >= 11 is 1.59. The number of para-hydroxylation sites is 1. The number of rotatable bonds is 5. The molecule has 1 saturated heterocycles. The van der Waals surface area contributed by atoms with Crippen LogP contribution >= 0.6 is 11.8 Å². The molecule has 2 aromatic rings.